The third-order valence-corrected chi connectivity index (χ3v) is 2.66. The maximum atomic E-state index is 12.1. The Labute approximate surface area is 111 Å². The number of nitrogens with one attached hydrogen (secondary N) is 1. The average molecular weight is 254 g/mol. The fraction of sp³-hybridized carbons (Fsp3) is 0.200. The van der Waals surface area contributed by atoms with Crippen molar-refractivity contribution in [3.05, 3.63) is 41.7 Å². The third kappa shape index (κ3) is 2.66. The minimum absolute atomic E-state index is 0.286. The summed E-state index contributed by atoms with van der Waals surface area (Å²) in [5, 5.41) is 6.52. The maximum absolute atomic E-state index is 12.1. The van der Waals surface area contributed by atoms with Crippen LogP contribution in [0.15, 0.2) is 34.9 Å². The quantitative estimate of drug-likeness (QED) is 0.676. The van der Waals surface area contributed by atoms with Gasteiger partial charge in [-0.15, -0.1) is 0 Å². The largest absolute Gasteiger partial charge is 0.360 e. The summed E-state index contributed by atoms with van der Waals surface area (Å²) in [5.74, 6) is 2.90. The van der Waals surface area contributed by atoms with E-state index in [0.29, 0.717) is 23.4 Å². The van der Waals surface area contributed by atoms with Gasteiger partial charge in [0, 0.05) is 18.0 Å². The third-order valence-electron chi connectivity index (χ3n) is 2.66. The molecule has 0 bridgehead atoms. The molecule has 0 aliphatic carbocycles. The number of hydrogen-bond donors (Lipinski definition) is 1. The first-order valence-electron chi connectivity index (χ1n) is 6.04. The van der Waals surface area contributed by atoms with Crippen molar-refractivity contribution >= 4 is 5.91 Å². The van der Waals surface area contributed by atoms with Crippen LogP contribution in [0.2, 0.25) is 0 Å². The standard InChI is InChI=1S/C15H14N2O2/c1-3-10-16-15(18)13-12(4-2)19-17-14(13)11-8-6-5-7-9-11/h5-9H,4H2,1-2H3,(H,16,18). The second-order valence-electron chi connectivity index (χ2n) is 3.88. The van der Waals surface area contributed by atoms with Crippen molar-refractivity contribution in [2.24, 2.45) is 0 Å². The molecule has 0 unspecified atom stereocenters. The zero-order valence-corrected chi connectivity index (χ0v) is 10.9. The molecule has 1 heterocycles. The van der Waals surface area contributed by atoms with E-state index in [2.05, 4.69) is 22.4 Å². The zero-order valence-electron chi connectivity index (χ0n) is 10.9. The van der Waals surface area contributed by atoms with Gasteiger partial charge in [0.2, 0.25) is 0 Å². The van der Waals surface area contributed by atoms with E-state index in [0.717, 1.165) is 5.56 Å². The Bertz CT molecular complexity index is 633. The van der Waals surface area contributed by atoms with Gasteiger partial charge >= 0.3 is 0 Å². The maximum Gasteiger partial charge on any atom is 0.268 e. The lowest BCUT2D eigenvalue weighted by atomic mass is 10.0. The summed E-state index contributed by atoms with van der Waals surface area (Å²) in [4.78, 5) is 12.1. The lowest BCUT2D eigenvalue weighted by Crippen LogP contribution is -2.19. The van der Waals surface area contributed by atoms with Crippen molar-refractivity contribution in [2.45, 2.75) is 20.3 Å². The SMILES string of the molecule is CC#CNC(=O)c1c(-c2ccccc2)noc1CC. The van der Waals surface area contributed by atoms with Gasteiger partial charge in [0.1, 0.15) is 17.0 Å². The van der Waals surface area contributed by atoms with Crippen molar-refractivity contribution in [3.63, 3.8) is 0 Å². The zero-order chi connectivity index (χ0) is 13.7. The molecule has 19 heavy (non-hydrogen) atoms. The Hall–Kier alpha value is -2.54. The predicted molar refractivity (Wildman–Crippen MR) is 72.2 cm³/mol. The fourth-order valence-electron chi connectivity index (χ4n) is 1.77. The smallest absolute Gasteiger partial charge is 0.268 e. The molecule has 1 N–H and O–H groups in total. The van der Waals surface area contributed by atoms with Crippen molar-refractivity contribution < 1.29 is 9.32 Å². The molecular weight excluding hydrogens is 240 g/mol. The van der Waals surface area contributed by atoms with Gasteiger partial charge in [-0.2, -0.15) is 0 Å². The number of hydrogen-bond acceptors (Lipinski definition) is 3. The van der Waals surface area contributed by atoms with Gasteiger partial charge in [0.15, 0.2) is 0 Å². The molecule has 0 fully saturated rings. The normalized spacial score (nSPS) is 9.58. The molecule has 96 valence electrons. The van der Waals surface area contributed by atoms with Crippen LogP contribution >= 0.6 is 0 Å². The van der Waals surface area contributed by atoms with Crippen LogP contribution < -0.4 is 5.32 Å². The van der Waals surface area contributed by atoms with Crippen LogP contribution in [0.4, 0.5) is 0 Å². The number of aromatic nitrogens is 1. The van der Waals surface area contributed by atoms with Gasteiger partial charge < -0.3 is 4.52 Å². The molecule has 1 amide bonds. The van der Waals surface area contributed by atoms with Crippen molar-refractivity contribution in [2.75, 3.05) is 0 Å². The second-order valence-corrected chi connectivity index (χ2v) is 3.88. The van der Waals surface area contributed by atoms with Crippen molar-refractivity contribution in [1.29, 1.82) is 0 Å². The number of rotatable bonds is 3. The summed E-state index contributed by atoms with van der Waals surface area (Å²) in [7, 11) is 0. The van der Waals surface area contributed by atoms with E-state index in [-0.39, 0.29) is 5.91 Å². The molecule has 0 aliphatic rings. The minimum atomic E-state index is -0.286. The first kappa shape index (κ1) is 12.9. The lowest BCUT2D eigenvalue weighted by Gasteiger charge is -2.01. The Kier molecular flexibility index (Phi) is 3.99. The van der Waals surface area contributed by atoms with Crippen LogP contribution in [0, 0.1) is 12.0 Å². The van der Waals surface area contributed by atoms with Crippen LogP contribution in [0.3, 0.4) is 0 Å². The number of carbonyl (C=O) groups is 1. The van der Waals surface area contributed by atoms with Gasteiger partial charge in [-0.25, -0.2) is 0 Å². The molecule has 0 saturated carbocycles. The molecule has 2 aromatic rings. The summed E-state index contributed by atoms with van der Waals surface area (Å²) in [5.41, 5.74) is 1.85. The molecular formula is C15H14N2O2. The van der Waals surface area contributed by atoms with Crippen molar-refractivity contribution in [1.82, 2.24) is 10.5 Å². The van der Waals surface area contributed by atoms with Crippen LogP contribution in [-0.2, 0) is 6.42 Å². The van der Waals surface area contributed by atoms with Gasteiger partial charge in [-0.3, -0.25) is 10.1 Å². The first-order valence-corrected chi connectivity index (χ1v) is 6.04. The highest BCUT2D eigenvalue weighted by atomic mass is 16.5. The summed E-state index contributed by atoms with van der Waals surface area (Å²) >= 11 is 0. The molecule has 1 aromatic carbocycles. The summed E-state index contributed by atoms with van der Waals surface area (Å²) in [6.45, 7) is 3.57. The molecule has 0 radical (unpaired) electrons. The number of amides is 1. The summed E-state index contributed by atoms with van der Waals surface area (Å²) in [6, 6.07) is 12.0. The molecule has 0 aliphatic heterocycles. The van der Waals surface area contributed by atoms with E-state index in [4.69, 9.17) is 4.52 Å². The van der Waals surface area contributed by atoms with Crippen LogP contribution in [0.25, 0.3) is 11.3 Å². The Morgan fingerprint density at radius 3 is 2.74 bits per heavy atom. The van der Waals surface area contributed by atoms with Crippen molar-refractivity contribution in [3.8, 4) is 23.2 Å². The number of nitrogens with zero attached hydrogens (tertiary/aromatic N) is 1. The van der Waals surface area contributed by atoms with Gasteiger partial charge in [-0.05, 0) is 6.92 Å². The van der Waals surface area contributed by atoms with E-state index in [1.165, 1.54) is 0 Å². The van der Waals surface area contributed by atoms with Gasteiger partial charge in [0.05, 0.1) is 0 Å². The van der Waals surface area contributed by atoms with Crippen LogP contribution in [0.5, 0.6) is 0 Å². The molecule has 0 spiro atoms. The van der Waals surface area contributed by atoms with Gasteiger partial charge in [0.25, 0.3) is 5.91 Å². The predicted octanol–water partition coefficient (Wildman–Crippen LogP) is 2.61. The number of benzene rings is 1. The molecule has 2 rings (SSSR count). The molecule has 4 nitrogen and oxygen atoms in total. The molecule has 1 aromatic heterocycles. The van der Waals surface area contributed by atoms with Crippen LogP contribution in [0.1, 0.15) is 30.0 Å². The highest BCUT2D eigenvalue weighted by Gasteiger charge is 2.22. The fourth-order valence-corrected chi connectivity index (χ4v) is 1.77. The molecule has 0 saturated heterocycles. The average Bonchev–Trinajstić information content (AvgIpc) is 2.89. The Morgan fingerprint density at radius 2 is 2.11 bits per heavy atom. The van der Waals surface area contributed by atoms with E-state index in [1.807, 2.05) is 37.3 Å². The minimum Gasteiger partial charge on any atom is -0.360 e. The summed E-state index contributed by atoms with van der Waals surface area (Å²) < 4.78 is 5.24. The molecule has 4 heteroatoms. The Balaban J connectivity index is 2.47. The van der Waals surface area contributed by atoms with E-state index in [1.54, 1.807) is 6.92 Å². The van der Waals surface area contributed by atoms with Gasteiger partial charge in [-0.1, -0.05) is 48.3 Å². The number of carbonyl (C=O) groups excluding carboxylic acids is 1. The number of aryl methyl sites for hydroxylation is 1. The van der Waals surface area contributed by atoms with E-state index >= 15 is 0 Å². The molecule has 0 atom stereocenters. The van der Waals surface area contributed by atoms with Crippen LogP contribution in [-0.4, -0.2) is 11.1 Å². The monoisotopic (exact) mass is 254 g/mol. The highest BCUT2D eigenvalue weighted by molar-refractivity contribution is 6.01. The summed E-state index contributed by atoms with van der Waals surface area (Å²) in [6.07, 6.45) is 0.599. The highest BCUT2D eigenvalue weighted by Crippen LogP contribution is 2.25. The topological polar surface area (TPSA) is 55.1 Å². The lowest BCUT2D eigenvalue weighted by molar-refractivity contribution is 0.0972. The second kappa shape index (κ2) is 5.87. The first-order chi connectivity index (χ1) is 9.27. The van der Waals surface area contributed by atoms with E-state index < -0.39 is 0 Å². The Morgan fingerprint density at radius 1 is 1.37 bits per heavy atom. The van der Waals surface area contributed by atoms with E-state index in [9.17, 15) is 4.79 Å².